The first kappa shape index (κ1) is 13.0. The van der Waals surface area contributed by atoms with Crippen LogP contribution in [0.1, 0.15) is 38.5 Å². The average molecular weight is 258 g/mol. The Hall–Kier alpha value is -1.02. The Labute approximate surface area is 117 Å². The van der Waals surface area contributed by atoms with Crippen LogP contribution < -0.4 is 10.6 Å². The van der Waals surface area contributed by atoms with E-state index in [0.717, 1.165) is 11.8 Å². The zero-order valence-electron chi connectivity index (χ0n) is 11.8. The second-order valence-corrected chi connectivity index (χ2v) is 6.38. The van der Waals surface area contributed by atoms with Crippen molar-refractivity contribution < 1.29 is 0 Å². The second-order valence-electron chi connectivity index (χ2n) is 6.38. The van der Waals surface area contributed by atoms with E-state index in [1.807, 2.05) is 0 Å². The van der Waals surface area contributed by atoms with E-state index in [4.69, 9.17) is 5.73 Å². The monoisotopic (exact) mass is 258 g/mol. The number of rotatable bonds is 4. The molecule has 1 aliphatic carbocycles. The van der Waals surface area contributed by atoms with Crippen molar-refractivity contribution in [3.05, 3.63) is 30.3 Å². The molecule has 1 aromatic rings. The quantitative estimate of drug-likeness (QED) is 0.896. The largest absolute Gasteiger partial charge is 0.371 e. The maximum Gasteiger partial charge on any atom is 0.0366 e. The van der Waals surface area contributed by atoms with E-state index >= 15 is 0 Å². The molecule has 2 N–H and O–H groups in total. The van der Waals surface area contributed by atoms with Crippen LogP contribution in [-0.4, -0.2) is 19.1 Å². The molecule has 2 nitrogen and oxygen atoms in total. The van der Waals surface area contributed by atoms with Crippen LogP contribution in [0.25, 0.3) is 0 Å². The third-order valence-electron chi connectivity index (χ3n) is 5.02. The fourth-order valence-electron chi connectivity index (χ4n) is 3.86. The minimum absolute atomic E-state index is 0.447. The highest BCUT2D eigenvalue weighted by molar-refractivity contribution is 5.46. The number of benzene rings is 1. The van der Waals surface area contributed by atoms with Crippen LogP contribution in [0.5, 0.6) is 0 Å². The first-order chi connectivity index (χ1) is 9.33. The predicted molar refractivity (Wildman–Crippen MR) is 81.3 cm³/mol. The highest BCUT2D eigenvalue weighted by Gasteiger charge is 2.28. The molecule has 2 unspecified atom stereocenters. The Morgan fingerprint density at radius 2 is 1.84 bits per heavy atom. The van der Waals surface area contributed by atoms with Crippen LogP contribution in [-0.2, 0) is 0 Å². The van der Waals surface area contributed by atoms with Crippen molar-refractivity contribution in [2.24, 2.45) is 17.6 Å². The van der Waals surface area contributed by atoms with E-state index in [1.54, 1.807) is 0 Å². The molecule has 0 aromatic heterocycles. The molecule has 19 heavy (non-hydrogen) atoms. The zero-order valence-corrected chi connectivity index (χ0v) is 11.8. The van der Waals surface area contributed by atoms with Gasteiger partial charge in [-0.1, -0.05) is 31.0 Å². The summed E-state index contributed by atoms with van der Waals surface area (Å²) >= 11 is 0. The number of hydrogen-bond donors (Lipinski definition) is 1. The van der Waals surface area contributed by atoms with Gasteiger partial charge in [0.15, 0.2) is 0 Å². The Kier molecular flexibility index (Phi) is 4.07. The third kappa shape index (κ3) is 3.11. The molecule has 0 bridgehead atoms. The number of nitrogens with two attached hydrogens (primary N) is 1. The highest BCUT2D eigenvalue weighted by atomic mass is 15.1. The third-order valence-corrected chi connectivity index (χ3v) is 5.02. The van der Waals surface area contributed by atoms with Crippen LogP contribution in [0.2, 0.25) is 0 Å². The summed E-state index contributed by atoms with van der Waals surface area (Å²) in [5, 5.41) is 0. The van der Waals surface area contributed by atoms with E-state index in [9.17, 15) is 0 Å². The second kappa shape index (κ2) is 5.96. The van der Waals surface area contributed by atoms with Gasteiger partial charge in [-0.05, 0) is 49.7 Å². The molecule has 3 rings (SSSR count). The molecular formula is C17H26N2. The normalized spacial score (nSPS) is 25.9. The highest BCUT2D eigenvalue weighted by Crippen LogP contribution is 2.32. The molecule has 1 saturated heterocycles. The predicted octanol–water partition coefficient (Wildman–Crippen LogP) is 3.42. The van der Waals surface area contributed by atoms with Crippen LogP contribution in [0.15, 0.2) is 30.3 Å². The van der Waals surface area contributed by atoms with Crippen molar-refractivity contribution >= 4 is 5.69 Å². The van der Waals surface area contributed by atoms with Crippen LogP contribution in [0.3, 0.4) is 0 Å². The van der Waals surface area contributed by atoms with Crippen molar-refractivity contribution in [3.8, 4) is 0 Å². The summed E-state index contributed by atoms with van der Waals surface area (Å²) in [6.07, 6.45) is 8.09. The molecule has 1 aromatic carbocycles. The van der Waals surface area contributed by atoms with Gasteiger partial charge in [0.05, 0.1) is 0 Å². The van der Waals surface area contributed by atoms with Crippen LogP contribution in [0, 0.1) is 11.8 Å². The summed E-state index contributed by atoms with van der Waals surface area (Å²) in [6.45, 7) is 2.40. The summed E-state index contributed by atoms with van der Waals surface area (Å²) in [6, 6.07) is 11.2. The maximum atomic E-state index is 6.42. The van der Waals surface area contributed by atoms with Crippen LogP contribution >= 0.6 is 0 Å². The standard InChI is InChI=1S/C17H26N2/c18-17(15-6-4-5-7-15)12-14-10-11-19(13-14)16-8-2-1-3-9-16/h1-3,8-9,14-15,17H,4-7,10-13,18H2. The molecule has 1 heterocycles. The van der Waals surface area contributed by atoms with E-state index < -0.39 is 0 Å². The van der Waals surface area contributed by atoms with Crippen molar-refractivity contribution in [2.75, 3.05) is 18.0 Å². The van der Waals surface area contributed by atoms with Gasteiger partial charge < -0.3 is 10.6 Å². The van der Waals surface area contributed by atoms with Gasteiger partial charge in [0.25, 0.3) is 0 Å². The smallest absolute Gasteiger partial charge is 0.0366 e. The summed E-state index contributed by atoms with van der Waals surface area (Å²) in [5.74, 6) is 1.61. The Bertz CT molecular complexity index is 384. The van der Waals surface area contributed by atoms with Gasteiger partial charge in [-0.3, -0.25) is 0 Å². The van der Waals surface area contributed by atoms with Crippen molar-refractivity contribution in [2.45, 2.75) is 44.6 Å². The van der Waals surface area contributed by atoms with E-state index in [2.05, 4.69) is 35.2 Å². The van der Waals surface area contributed by atoms with E-state index in [-0.39, 0.29) is 0 Å². The van der Waals surface area contributed by atoms with E-state index in [0.29, 0.717) is 6.04 Å². The number of nitrogens with zero attached hydrogens (tertiary/aromatic N) is 1. The Morgan fingerprint density at radius 1 is 1.11 bits per heavy atom. The van der Waals surface area contributed by atoms with Crippen LogP contribution in [0.4, 0.5) is 5.69 Å². The van der Waals surface area contributed by atoms with Crippen molar-refractivity contribution in [3.63, 3.8) is 0 Å². The lowest BCUT2D eigenvalue weighted by Crippen LogP contribution is -2.31. The minimum Gasteiger partial charge on any atom is -0.371 e. The summed E-state index contributed by atoms with van der Waals surface area (Å²) in [5.41, 5.74) is 7.80. The molecule has 0 spiro atoms. The minimum atomic E-state index is 0.447. The SMILES string of the molecule is NC(CC1CCN(c2ccccc2)C1)C1CCCC1. The number of hydrogen-bond acceptors (Lipinski definition) is 2. The van der Waals surface area contributed by atoms with Gasteiger partial charge in [-0.2, -0.15) is 0 Å². The molecule has 2 aliphatic rings. The fourth-order valence-corrected chi connectivity index (χ4v) is 3.86. The average Bonchev–Trinajstić information content (AvgIpc) is 3.11. The van der Waals surface area contributed by atoms with Gasteiger partial charge in [0.2, 0.25) is 0 Å². The van der Waals surface area contributed by atoms with Gasteiger partial charge in [-0.15, -0.1) is 0 Å². The lowest BCUT2D eigenvalue weighted by molar-refractivity contribution is 0.357. The van der Waals surface area contributed by atoms with Gasteiger partial charge in [0, 0.05) is 24.8 Å². The fraction of sp³-hybridized carbons (Fsp3) is 0.647. The van der Waals surface area contributed by atoms with Crippen molar-refractivity contribution in [1.29, 1.82) is 0 Å². The topological polar surface area (TPSA) is 29.3 Å². The molecule has 2 heteroatoms. The van der Waals surface area contributed by atoms with Gasteiger partial charge in [0.1, 0.15) is 0 Å². The molecule has 0 amide bonds. The molecule has 0 radical (unpaired) electrons. The number of para-hydroxylation sites is 1. The molecule has 2 fully saturated rings. The Morgan fingerprint density at radius 3 is 2.58 bits per heavy atom. The maximum absolute atomic E-state index is 6.42. The lowest BCUT2D eigenvalue weighted by Gasteiger charge is -2.23. The molecule has 104 valence electrons. The van der Waals surface area contributed by atoms with E-state index in [1.165, 1.54) is 57.3 Å². The van der Waals surface area contributed by atoms with Gasteiger partial charge >= 0.3 is 0 Å². The lowest BCUT2D eigenvalue weighted by atomic mass is 9.89. The zero-order chi connectivity index (χ0) is 13.1. The first-order valence-electron chi connectivity index (χ1n) is 7.88. The van der Waals surface area contributed by atoms with Crippen molar-refractivity contribution in [1.82, 2.24) is 0 Å². The Balaban J connectivity index is 1.51. The molecule has 2 atom stereocenters. The first-order valence-corrected chi connectivity index (χ1v) is 7.88. The summed E-state index contributed by atoms with van der Waals surface area (Å²) in [4.78, 5) is 2.52. The summed E-state index contributed by atoms with van der Waals surface area (Å²) in [7, 11) is 0. The molecular weight excluding hydrogens is 232 g/mol. The molecule has 1 aliphatic heterocycles. The number of anilines is 1. The molecule has 1 saturated carbocycles. The summed E-state index contributed by atoms with van der Waals surface area (Å²) < 4.78 is 0. The van der Waals surface area contributed by atoms with Gasteiger partial charge in [-0.25, -0.2) is 0 Å².